The lowest BCUT2D eigenvalue weighted by Gasteiger charge is -2.28. The molecule has 3 N–H and O–H groups in total. The number of hydrogen-bond acceptors (Lipinski definition) is 2. The fraction of sp³-hybridized carbons (Fsp3) is 0.222. The topological polar surface area (TPSA) is 53.2 Å². The van der Waals surface area contributed by atoms with E-state index in [1.807, 2.05) is 50.2 Å². The Hall–Kier alpha value is -1.53. The molecule has 1 amide bonds. The summed E-state index contributed by atoms with van der Waals surface area (Å²) in [6.45, 7) is 3.82. The largest absolute Gasteiger partial charge is 0.339 e. The van der Waals surface area contributed by atoms with Crippen LogP contribution in [0.5, 0.6) is 0 Å². The van der Waals surface area contributed by atoms with Gasteiger partial charge in [0.25, 0.3) is 5.91 Å². The number of nitrogens with one attached hydrogen (secondary N) is 3. The van der Waals surface area contributed by atoms with Crippen LogP contribution in [0.25, 0.3) is 0 Å². The minimum absolute atomic E-state index is 0.218. The van der Waals surface area contributed by atoms with Gasteiger partial charge in [-0.05, 0) is 49.8 Å². The maximum Gasteiger partial charge on any atom is 0.253 e. The predicted octanol–water partition coefficient (Wildman–Crippen LogP) is 4.72. The molecule has 0 aliphatic carbocycles. The van der Waals surface area contributed by atoms with Crippen molar-refractivity contribution in [3.63, 3.8) is 0 Å². The molecule has 138 valence electrons. The van der Waals surface area contributed by atoms with Gasteiger partial charge in [0, 0.05) is 11.3 Å². The second kappa shape index (κ2) is 8.91. The zero-order valence-corrected chi connectivity index (χ0v) is 17.2. The number of carbonyl (C=O) groups is 1. The Morgan fingerprint density at radius 1 is 1.00 bits per heavy atom. The van der Waals surface area contributed by atoms with E-state index in [1.54, 1.807) is 12.1 Å². The van der Waals surface area contributed by atoms with E-state index in [4.69, 9.17) is 47.0 Å². The lowest BCUT2D eigenvalue weighted by molar-refractivity contribution is 0.0934. The third-order valence-electron chi connectivity index (χ3n) is 3.58. The highest BCUT2D eigenvalue weighted by Gasteiger charge is 2.35. The average molecular weight is 431 g/mol. The van der Waals surface area contributed by atoms with E-state index >= 15 is 0 Å². The number of amides is 1. The molecule has 0 fully saturated rings. The molecule has 0 heterocycles. The molecule has 0 aliphatic heterocycles. The van der Waals surface area contributed by atoms with Crippen molar-refractivity contribution in [3.05, 3.63) is 65.2 Å². The molecule has 0 unspecified atom stereocenters. The summed E-state index contributed by atoms with van der Waals surface area (Å²) < 4.78 is -1.81. The third-order valence-corrected chi connectivity index (χ3v) is 4.45. The Labute approximate surface area is 173 Å². The van der Waals surface area contributed by atoms with Crippen molar-refractivity contribution in [2.45, 2.75) is 23.8 Å². The first-order valence-corrected chi connectivity index (χ1v) is 9.28. The number of benzene rings is 2. The molecule has 2 aromatic carbocycles. The van der Waals surface area contributed by atoms with Crippen molar-refractivity contribution in [3.8, 4) is 0 Å². The van der Waals surface area contributed by atoms with Crippen molar-refractivity contribution in [1.29, 1.82) is 0 Å². The van der Waals surface area contributed by atoms with Gasteiger partial charge >= 0.3 is 0 Å². The number of alkyl halides is 3. The monoisotopic (exact) mass is 429 g/mol. The molecule has 0 spiro atoms. The molecular weight excluding hydrogens is 413 g/mol. The van der Waals surface area contributed by atoms with E-state index in [-0.39, 0.29) is 11.0 Å². The van der Waals surface area contributed by atoms with Crippen LogP contribution in [0.4, 0.5) is 5.69 Å². The second-order valence-electron chi connectivity index (χ2n) is 5.73. The van der Waals surface area contributed by atoms with Gasteiger partial charge in [0.1, 0.15) is 6.17 Å². The van der Waals surface area contributed by atoms with Gasteiger partial charge in [-0.2, -0.15) is 0 Å². The Morgan fingerprint density at radius 2 is 1.62 bits per heavy atom. The number of hydrogen-bond donors (Lipinski definition) is 3. The van der Waals surface area contributed by atoms with Gasteiger partial charge in [-0.3, -0.25) is 4.79 Å². The van der Waals surface area contributed by atoms with Gasteiger partial charge in [0.05, 0.1) is 0 Å². The fourth-order valence-corrected chi connectivity index (χ4v) is 2.73. The molecule has 0 saturated heterocycles. The average Bonchev–Trinajstić information content (AvgIpc) is 2.56. The maximum absolute atomic E-state index is 12.5. The summed E-state index contributed by atoms with van der Waals surface area (Å²) >= 11 is 23.3. The van der Waals surface area contributed by atoms with Crippen LogP contribution in [-0.4, -0.2) is 21.0 Å². The Morgan fingerprint density at radius 3 is 2.19 bits per heavy atom. The number of anilines is 1. The SMILES string of the molecule is Cc1ccc(NC(=S)N[C@@H](NC(=O)c2ccccc2C)C(Cl)(Cl)Cl)cc1. The highest BCUT2D eigenvalue weighted by atomic mass is 35.6. The van der Waals surface area contributed by atoms with Gasteiger partial charge in [-0.15, -0.1) is 0 Å². The summed E-state index contributed by atoms with van der Waals surface area (Å²) in [7, 11) is 0. The van der Waals surface area contributed by atoms with E-state index in [0.717, 1.165) is 16.8 Å². The first-order valence-electron chi connectivity index (χ1n) is 7.74. The lowest BCUT2D eigenvalue weighted by Crippen LogP contribution is -2.56. The quantitative estimate of drug-likeness (QED) is 0.373. The van der Waals surface area contributed by atoms with Crippen LogP contribution in [0.2, 0.25) is 0 Å². The van der Waals surface area contributed by atoms with Crippen molar-refractivity contribution < 1.29 is 4.79 Å². The molecule has 0 bridgehead atoms. The molecule has 26 heavy (non-hydrogen) atoms. The molecule has 0 saturated carbocycles. The third kappa shape index (κ3) is 6.02. The Kier molecular flexibility index (Phi) is 7.12. The number of halogens is 3. The highest BCUT2D eigenvalue weighted by molar-refractivity contribution is 7.80. The summed E-state index contributed by atoms with van der Waals surface area (Å²) in [6, 6.07) is 14.8. The van der Waals surface area contributed by atoms with Gasteiger partial charge in [-0.1, -0.05) is 70.7 Å². The van der Waals surface area contributed by atoms with E-state index in [1.165, 1.54) is 0 Å². The summed E-state index contributed by atoms with van der Waals surface area (Å²) in [5, 5.41) is 8.71. The van der Waals surface area contributed by atoms with Gasteiger partial charge in [0.15, 0.2) is 5.11 Å². The molecule has 2 aromatic rings. The van der Waals surface area contributed by atoms with Crippen molar-refractivity contribution in [1.82, 2.24) is 10.6 Å². The van der Waals surface area contributed by atoms with E-state index in [2.05, 4.69) is 16.0 Å². The van der Waals surface area contributed by atoms with E-state index < -0.39 is 9.96 Å². The number of aryl methyl sites for hydroxylation is 2. The standard InChI is InChI=1S/C18H18Cl3N3OS/c1-11-7-9-13(10-8-11)22-17(26)24-16(18(19,20)21)23-15(25)14-6-4-3-5-12(14)2/h3-10,16H,1-2H3,(H,23,25)(H2,22,24,26)/t16-/m1/s1. The van der Waals surface area contributed by atoms with Crippen LogP contribution < -0.4 is 16.0 Å². The van der Waals surface area contributed by atoms with E-state index in [9.17, 15) is 4.79 Å². The van der Waals surface area contributed by atoms with Gasteiger partial charge in [0.2, 0.25) is 3.79 Å². The van der Waals surface area contributed by atoms with Gasteiger partial charge in [-0.25, -0.2) is 0 Å². The van der Waals surface area contributed by atoms with Crippen LogP contribution in [0.3, 0.4) is 0 Å². The predicted molar refractivity (Wildman–Crippen MR) is 113 cm³/mol. The van der Waals surface area contributed by atoms with Gasteiger partial charge < -0.3 is 16.0 Å². The molecule has 0 aliphatic rings. The Bertz CT molecular complexity index is 791. The Balaban J connectivity index is 2.07. The zero-order chi connectivity index (χ0) is 19.3. The van der Waals surface area contributed by atoms with Crippen molar-refractivity contribution in [2.75, 3.05) is 5.32 Å². The fourth-order valence-electron chi connectivity index (χ4n) is 2.17. The molecule has 4 nitrogen and oxygen atoms in total. The van der Waals surface area contributed by atoms with Crippen LogP contribution in [0, 0.1) is 13.8 Å². The first kappa shape index (κ1) is 20.8. The smallest absolute Gasteiger partial charge is 0.253 e. The first-order chi connectivity index (χ1) is 12.2. The van der Waals surface area contributed by atoms with E-state index in [0.29, 0.717) is 5.56 Å². The number of thiocarbonyl (C=S) groups is 1. The van der Waals surface area contributed by atoms with Crippen LogP contribution in [0.1, 0.15) is 21.5 Å². The molecular formula is C18H18Cl3N3OS. The normalized spacial score (nSPS) is 12.2. The molecule has 0 aromatic heterocycles. The van der Waals surface area contributed by atoms with Crippen molar-refractivity contribution >= 4 is 63.7 Å². The molecule has 1 atom stereocenters. The maximum atomic E-state index is 12.5. The molecule has 0 radical (unpaired) electrons. The lowest BCUT2D eigenvalue weighted by atomic mass is 10.1. The summed E-state index contributed by atoms with van der Waals surface area (Å²) in [5.41, 5.74) is 3.21. The van der Waals surface area contributed by atoms with Crippen LogP contribution in [-0.2, 0) is 0 Å². The molecule has 8 heteroatoms. The number of rotatable bonds is 4. The van der Waals surface area contributed by atoms with Crippen LogP contribution >= 0.6 is 47.0 Å². The van der Waals surface area contributed by atoms with Crippen molar-refractivity contribution in [2.24, 2.45) is 0 Å². The highest BCUT2D eigenvalue weighted by Crippen LogP contribution is 2.29. The minimum atomic E-state index is -1.81. The summed E-state index contributed by atoms with van der Waals surface area (Å²) in [4.78, 5) is 12.5. The second-order valence-corrected chi connectivity index (χ2v) is 8.50. The summed E-state index contributed by atoms with van der Waals surface area (Å²) in [5.74, 6) is -0.370. The van der Waals surface area contributed by atoms with Crippen LogP contribution in [0.15, 0.2) is 48.5 Å². The zero-order valence-electron chi connectivity index (χ0n) is 14.1. The molecule has 2 rings (SSSR count). The number of carbonyl (C=O) groups excluding carboxylic acids is 1. The summed E-state index contributed by atoms with van der Waals surface area (Å²) in [6.07, 6.45) is -1.02. The minimum Gasteiger partial charge on any atom is -0.339 e.